The molecular weight excluding hydrogens is 204 g/mol. The lowest BCUT2D eigenvalue weighted by Gasteiger charge is -2.44. The highest BCUT2D eigenvalue weighted by atomic mass is 16.3. The van der Waals surface area contributed by atoms with Crippen LogP contribution in [-0.2, 0) is 0 Å². The topological polar surface area (TPSA) is 46.9 Å². The van der Waals surface area contributed by atoms with E-state index < -0.39 is 0 Å². The van der Waals surface area contributed by atoms with Gasteiger partial charge in [0.15, 0.2) is 0 Å². The van der Waals surface area contributed by atoms with Crippen LogP contribution in [0.1, 0.15) is 26.7 Å². The normalized spacial score (nSPS) is 28.5. The van der Waals surface area contributed by atoms with Gasteiger partial charge in [0.25, 0.3) is 0 Å². The lowest BCUT2D eigenvalue weighted by Crippen LogP contribution is -2.56. The van der Waals surface area contributed by atoms with Crippen LogP contribution in [0.5, 0.6) is 0 Å². The van der Waals surface area contributed by atoms with Gasteiger partial charge in [-0.15, -0.1) is 0 Å². The molecule has 1 fully saturated rings. The maximum atomic E-state index is 8.85. The molecule has 2 N–H and O–H groups in total. The first-order valence-electron chi connectivity index (χ1n) is 6.38. The van der Waals surface area contributed by atoms with Gasteiger partial charge >= 0.3 is 0 Å². The average molecular weight is 230 g/mol. The van der Waals surface area contributed by atoms with Crippen molar-refractivity contribution in [2.75, 3.05) is 39.4 Å². The largest absolute Gasteiger partial charge is 0.396 e. The molecule has 0 aromatic rings. The average Bonchev–Trinajstić information content (AvgIpc) is 2.28. The molecule has 1 aliphatic heterocycles. The second-order valence-electron chi connectivity index (χ2n) is 4.84. The van der Waals surface area contributed by atoms with Gasteiger partial charge < -0.3 is 10.2 Å². The molecular formula is C12H26N2O2. The Balaban J connectivity index is 2.36. The Kier molecular flexibility index (Phi) is 6.28. The van der Waals surface area contributed by atoms with Gasteiger partial charge in [-0.25, -0.2) is 0 Å². The summed E-state index contributed by atoms with van der Waals surface area (Å²) in [5, 5.41) is 17.7. The molecule has 0 aromatic heterocycles. The molecule has 4 heteroatoms. The van der Waals surface area contributed by atoms with Gasteiger partial charge in [0, 0.05) is 51.5 Å². The molecule has 0 radical (unpaired) electrons. The molecule has 0 amide bonds. The van der Waals surface area contributed by atoms with Crippen molar-refractivity contribution in [2.24, 2.45) is 0 Å². The van der Waals surface area contributed by atoms with E-state index >= 15 is 0 Å². The lowest BCUT2D eigenvalue weighted by molar-refractivity contribution is 0.0359. The number of nitrogens with zero attached hydrogens (tertiary/aromatic N) is 2. The first-order chi connectivity index (χ1) is 7.69. The first-order valence-corrected chi connectivity index (χ1v) is 6.38. The van der Waals surface area contributed by atoms with Crippen molar-refractivity contribution in [1.82, 2.24) is 9.80 Å². The number of aliphatic hydroxyl groups is 2. The van der Waals surface area contributed by atoms with Crippen LogP contribution < -0.4 is 0 Å². The van der Waals surface area contributed by atoms with Crippen LogP contribution in [-0.4, -0.2) is 71.5 Å². The highest BCUT2D eigenvalue weighted by molar-refractivity contribution is 4.84. The van der Waals surface area contributed by atoms with Gasteiger partial charge in [-0.05, 0) is 26.7 Å². The molecule has 4 nitrogen and oxygen atoms in total. The minimum Gasteiger partial charge on any atom is -0.396 e. The van der Waals surface area contributed by atoms with Gasteiger partial charge in [-0.1, -0.05) is 0 Å². The van der Waals surface area contributed by atoms with E-state index in [9.17, 15) is 0 Å². The molecule has 0 aromatic carbocycles. The quantitative estimate of drug-likeness (QED) is 0.682. The molecule has 0 unspecified atom stereocenters. The zero-order chi connectivity index (χ0) is 12.0. The summed E-state index contributed by atoms with van der Waals surface area (Å²) in [7, 11) is 0. The Morgan fingerprint density at radius 1 is 0.875 bits per heavy atom. The fraction of sp³-hybridized carbons (Fsp3) is 1.00. The predicted molar refractivity (Wildman–Crippen MR) is 65.5 cm³/mol. The van der Waals surface area contributed by atoms with Crippen LogP contribution in [0.4, 0.5) is 0 Å². The van der Waals surface area contributed by atoms with Crippen LogP contribution in [0.3, 0.4) is 0 Å². The van der Waals surface area contributed by atoms with Crippen molar-refractivity contribution >= 4 is 0 Å². The third-order valence-electron chi connectivity index (χ3n) is 3.45. The lowest BCUT2D eigenvalue weighted by atomic mass is 10.1. The van der Waals surface area contributed by atoms with Gasteiger partial charge in [-0.2, -0.15) is 0 Å². The minimum absolute atomic E-state index is 0.284. The standard InChI is InChI=1S/C12H26N2O2/c1-11-9-14(6-4-8-16)12(2)10-13(11)5-3-7-15/h11-12,15-16H,3-10H2,1-2H3/t11-,12-/m1/s1. The van der Waals surface area contributed by atoms with E-state index in [1.807, 2.05) is 0 Å². The van der Waals surface area contributed by atoms with Gasteiger partial charge in [0.05, 0.1) is 0 Å². The summed E-state index contributed by atoms with van der Waals surface area (Å²) in [5.74, 6) is 0. The summed E-state index contributed by atoms with van der Waals surface area (Å²) in [6.07, 6.45) is 1.74. The summed E-state index contributed by atoms with van der Waals surface area (Å²) in [4.78, 5) is 4.91. The van der Waals surface area contributed by atoms with Gasteiger partial charge in [0.1, 0.15) is 0 Å². The highest BCUT2D eigenvalue weighted by Gasteiger charge is 2.27. The zero-order valence-corrected chi connectivity index (χ0v) is 10.6. The fourth-order valence-corrected chi connectivity index (χ4v) is 2.44. The third kappa shape index (κ3) is 4.01. The molecule has 96 valence electrons. The molecule has 0 aliphatic carbocycles. The van der Waals surface area contributed by atoms with Crippen LogP contribution in [0, 0.1) is 0 Å². The molecule has 1 saturated heterocycles. The van der Waals surface area contributed by atoms with Crippen molar-refractivity contribution in [3.63, 3.8) is 0 Å². The van der Waals surface area contributed by atoms with E-state index in [1.165, 1.54) is 0 Å². The third-order valence-corrected chi connectivity index (χ3v) is 3.45. The van der Waals surface area contributed by atoms with Crippen LogP contribution in [0.2, 0.25) is 0 Å². The number of aliphatic hydroxyl groups excluding tert-OH is 2. The second-order valence-corrected chi connectivity index (χ2v) is 4.84. The van der Waals surface area contributed by atoms with E-state index in [0.717, 1.165) is 39.0 Å². The van der Waals surface area contributed by atoms with Crippen molar-refractivity contribution in [3.8, 4) is 0 Å². The van der Waals surface area contributed by atoms with Crippen molar-refractivity contribution in [3.05, 3.63) is 0 Å². The zero-order valence-electron chi connectivity index (χ0n) is 10.6. The maximum absolute atomic E-state index is 8.85. The molecule has 16 heavy (non-hydrogen) atoms. The Hall–Kier alpha value is -0.160. The van der Waals surface area contributed by atoms with E-state index in [4.69, 9.17) is 10.2 Å². The number of hydrogen-bond donors (Lipinski definition) is 2. The van der Waals surface area contributed by atoms with Gasteiger partial charge in [0.2, 0.25) is 0 Å². The van der Waals surface area contributed by atoms with Crippen molar-refractivity contribution in [2.45, 2.75) is 38.8 Å². The monoisotopic (exact) mass is 230 g/mol. The van der Waals surface area contributed by atoms with Crippen molar-refractivity contribution in [1.29, 1.82) is 0 Å². The van der Waals surface area contributed by atoms with E-state index in [-0.39, 0.29) is 13.2 Å². The second kappa shape index (κ2) is 7.22. The molecule has 0 spiro atoms. The number of rotatable bonds is 6. The Bertz CT molecular complexity index is 170. The Labute approximate surface area is 98.9 Å². The molecule has 2 atom stereocenters. The Morgan fingerprint density at radius 2 is 1.25 bits per heavy atom. The van der Waals surface area contributed by atoms with Crippen LogP contribution in [0.15, 0.2) is 0 Å². The molecule has 0 saturated carbocycles. The smallest absolute Gasteiger partial charge is 0.0443 e. The van der Waals surface area contributed by atoms with Crippen LogP contribution >= 0.6 is 0 Å². The Morgan fingerprint density at radius 3 is 1.56 bits per heavy atom. The SMILES string of the molecule is C[C@@H]1CN(CCCO)[C@H](C)CN1CCCO. The predicted octanol–water partition coefficient (Wildman–Crippen LogP) is 0.146. The van der Waals surface area contributed by atoms with E-state index in [0.29, 0.717) is 12.1 Å². The first kappa shape index (κ1) is 13.9. The fourth-order valence-electron chi connectivity index (χ4n) is 2.44. The summed E-state index contributed by atoms with van der Waals surface area (Å²) in [6, 6.07) is 1.11. The summed E-state index contributed by atoms with van der Waals surface area (Å²) in [5.41, 5.74) is 0. The molecule has 1 aliphatic rings. The number of piperazine rings is 1. The summed E-state index contributed by atoms with van der Waals surface area (Å²) < 4.78 is 0. The minimum atomic E-state index is 0.284. The summed E-state index contributed by atoms with van der Waals surface area (Å²) in [6.45, 7) is 9.20. The molecule has 1 heterocycles. The van der Waals surface area contributed by atoms with Gasteiger partial charge in [-0.3, -0.25) is 9.80 Å². The highest BCUT2D eigenvalue weighted by Crippen LogP contribution is 2.15. The summed E-state index contributed by atoms with van der Waals surface area (Å²) >= 11 is 0. The van der Waals surface area contributed by atoms with E-state index in [2.05, 4.69) is 23.6 Å². The molecule has 1 rings (SSSR count). The molecule has 0 bridgehead atoms. The van der Waals surface area contributed by atoms with Crippen molar-refractivity contribution < 1.29 is 10.2 Å². The van der Waals surface area contributed by atoms with Crippen LogP contribution in [0.25, 0.3) is 0 Å². The van der Waals surface area contributed by atoms with E-state index in [1.54, 1.807) is 0 Å². The number of hydrogen-bond acceptors (Lipinski definition) is 4. The maximum Gasteiger partial charge on any atom is 0.0443 e.